The van der Waals surface area contributed by atoms with Crippen LogP contribution in [-0.4, -0.2) is 10.2 Å². The van der Waals surface area contributed by atoms with Crippen molar-refractivity contribution in [1.82, 2.24) is 0 Å². The summed E-state index contributed by atoms with van der Waals surface area (Å²) < 4.78 is 0.991. The third-order valence-electron chi connectivity index (χ3n) is 2.90. The average Bonchev–Trinajstić information content (AvgIpc) is 2.50. The lowest BCUT2D eigenvalue weighted by atomic mass is 10.1. The molecule has 0 saturated heterocycles. The van der Waals surface area contributed by atoms with Crippen molar-refractivity contribution in [2.24, 2.45) is 0 Å². The number of anilines is 2. The summed E-state index contributed by atoms with van der Waals surface area (Å²) in [6, 6.07) is 8.92. The van der Waals surface area contributed by atoms with E-state index >= 15 is 0 Å². The predicted octanol–water partition coefficient (Wildman–Crippen LogP) is 4.09. The van der Waals surface area contributed by atoms with Gasteiger partial charge in [0.1, 0.15) is 0 Å². The van der Waals surface area contributed by atoms with Gasteiger partial charge < -0.3 is 15.5 Å². The molecule has 90 valence electrons. The number of rotatable bonds is 0. The summed E-state index contributed by atoms with van der Waals surface area (Å²) in [6.45, 7) is 0. The molecule has 18 heavy (non-hydrogen) atoms. The van der Waals surface area contributed by atoms with Crippen LogP contribution in [0, 0.1) is 0 Å². The molecule has 2 aromatic rings. The highest BCUT2D eigenvalue weighted by Gasteiger charge is 2.13. The lowest BCUT2D eigenvalue weighted by molar-refractivity contribution is 0.404. The highest BCUT2D eigenvalue weighted by atomic mass is 79.9. The largest absolute Gasteiger partial charge is 0.504 e. The fourth-order valence-electron chi connectivity index (χ4n) is 1.97. The molecule has 0 amide bonds. The molecule has 3 N–H and O–H groups in total. The first-order valence-electron chi connectivity index (χ1n) is 5.45. The number of aromatic hydroxyl groups is 2. The first kappa shape index (κ1) is 11.2. The zero-order chi connectivity index (χ0) is 12.7. The molecule has 0 atom stereocenters. The van der Waals surface area contributed by atoms with Crippen LogP contribution in [0.1, 0.15) is 11.1 Å². The molecule has 1 heterocycles. The number of hydrogen-bond donors (Lipinski definition) is 3. The minimum absolute atomic E-state index is 0.120. The molecule has 1 aliphatic rings. The van der Waals surface area contributed by atoms with Gasteiger partial charge >= 0.3 is 0 Å². The van der Waals surface area contributed by atoms with Crippen LogP contribution in [-0.2, 0) is 0 Å². The number of hydrogen-bond acceptors (Lipinski definition) is 3. The molecule has 0 radical (unpaired) electrons. The highest BCUT2D eigenvalue weighted by molar-refractivity contribution is 9.10. The average molecular weight is 304 g/mol. The summed E-state index contributed by atoms with van der Waals surface area (Å²) in [5, 5.41) is 22.3. The van der Waals surface area contributed by atoms with Crippen LogP contribution in [0.25, 0.3) is 12.2 Å². The van der Waals surface area contributed by atoms with E-state index < -0.39 is 0 Å². The van der Waals surface area contributed by atoms with Crippen LogP contribution in [0.15, 0.2) is 34.8 Å². The Bertz CT molecular complexity index is 665. The summed E-state index contributed by atoms with van der Waals surface area (Å²) in [5.74, 6) is -0.252. The maximum absolute atomic E-state index is 9.55. The molecule has 2 aromatic carbocycles. The molecular formula is C14H10BrNO2. The molecule has 0 fully saturated rings. The number of benzene rings is 2. The summed E-state index contributed by atoms with van der Waals surface area (Å²) in [4.78, 5) is 0. The maximum atomic E-state index is 9.55. The van der Waals surface area contributed by atoms with Crippen LogP contribution < -0.4 is 5.32 Å². The van der Waals surface area contributed by atoms with E-state index in [1.165, 1.54) is 12.1 Å². The number of phenolic OH excluding ortho intramolecular Hbond substituents is 2. The van der Waals surface area contributed by atoms with Crippen LogP contribution >= 0.6 is 15.9 Å². The van der Waals surface area contributed by atoms with E-state index in [0.717, 1.165) is 27.0 Å². The first-order chi connectivity index (χ1) is 8.65. The SMILES string of the molecule is Oc1cc2c(cc1O)Nc1cccc(Br)c1C=C2. The number of halogens is 1. The lowest BCUT2D eigenvalue weighted by Gasteiger charge is -2.11. The van der Waals surface area contributed by atoms with Crippen molar-refractivity contribution in [1.29, 1.82) is 0 Å². The zero-order valence-electron chi connectivity index (χ0n) is 9.31. The summed E-state index contributed by atoms with van der Waals surface area (Å²) in [6.07, 6.45) is 3.87. The Morgan fingerprint density at radius 3 is 2.56 bits per heavy atom. The molecule has 0 saturated carbocycles. The van der Waals surface area contributed by atoms with Crippen molar-refractivity contribution >= 4 is 39.5 Å². The minimum atomic E-state index is -0.131. The smallest absolute Gasteiger partial charge is 0.159 e. The van der Waals surface area contributed by atoms with Gasteiger partial charge in [-0.2, -0.15) is 0 Å². The Kier molecular flexibility index (Phi) is 2.52. The van der Waals surface area contributed by atoms with E-state index in [1.807, 2.05) is 30.4 Å². The number of fused-ring (bicyclic) bond motifs is 2. The first-order valence-corrected chi connectivity index (χ1v) is 6.24. The Labute approximate surface area is 113 Å². The van der Waals surface area contributed by atoms with E-state index in [-0.39, 0.29) is 11.5 Å². The highest BCUT2D eigenvalue weighted by Crippen LogP contribution is 2.38. The van der Waals surface area contributed by atoms with E-state index in [1.54, 1.807) is 0 Å². The van der Waals surface area contributed by atoms with Gasteiger partial charge in [0.15, 0.2) is 11.5 Å². The Morgan fingerprint density at radius 2 is 1.72 bits per heavy atom. The predicted molar refractivity (Wildman–Crippen MR) is 76.1 cm³/mol. The fourth-order valence-corrected chi connectivity index (χ4v) is 2.47. The van der Waals surface area contributed by atoms with Gasteiger partial charge in [-0.1, -0.05) is 34.1 Å². The van der Waals surface area contributed by atoms with Gasteiger partial charge in [-0.25, -0.2) is 0 Å². The minimum Gasteiger partial charge on any atom is -0.504 e. The molecule has 3 nitrogen and oxygen atoms in total. The molecule has 3 rings (SSSR count). The third kappa shape index (κ3) is 1.75. The Hall–Kier alpha value is -1.94. The molecule has 0 spiro atoms. The van der Waals surface area contributed by atoms with Crippen molar-refractivity contribution in [2.75, 3.05) is 5.32 Å². The molecule has 1 aliphatic heterocycles. The van der Waals surface area contributed by atoms with E-state index in [0.29, 0.717) is 0 Å². The molecule has 0 aromatic heterocycles. The van der Waals surface area contributed by atoms with Crippen molar-refractivity contribution in [3.05, 3.63) is 45.9 Å². The maximum Gasteiger partial charge on any atom is 0.159 e. The van der Waals surface area contributed by atoms with E-state index in [4.69, 9.17) is 0 Å². The van der Waals surface area contributed by atoms with Crippen molar-refractivity contribution < 1.29 is 10.2 Å². The van der Waals surface area contributed by atoms with Gasteiger partial charge in [0.05, 0.1) is 0 Å². The molecule has 0 unspecified atom stereocenters. The normalized spacial score (nSPS) is 12.3. The van der Waals surface area contributed by atoms with Gasteiger partial charge in [-0.3, -0.25) is 0 Å². The van der Waals surface area contributed by atoms with E-state index in [2.05, 4.69) is 21.2 Å². The molecule has 0 bridgehead atoms. The summed E-state index contributed by atoms with van der Waals surface area (Å²) >= 11 is 3.50. The number of nitrogens with one attached hydrogen (secondary N) is 1. The van der Waals surface area contributed by atoms with Gasteiger partial charge in [-0.15, -0.1) is 0 Å². The second-order valence-corrected chi connectivity index (χ2v) is 4.94. The molecule has 0 aliphatic carbocycles. The van der Waals surface area contributed by atoms with Gasteiger partial charge in [0, 0.05) is 33.0 Å². The zero-order valence-corrected chi connectivity index (χ0v) is 10.9. The summed E-state index contributed by atoms with van der Waals surface area (Å²) in [7, 11) is 0. The van der Waals surface area contributed by atoms with Crippen LogP contribution in [0.3, 0.4) is 0 Å². The van der Waals surface area contributed by atoms with Gasteiger partial charge in [-0.05, 0) is 18.2 Å². The summed E-state index contributed by atoms with van der Waals surface area (Å²) in [5.41, 5.74) is 3.57. The van der Waals surface area contributed by atoms with Crippen LogP contribution in [0.5, 0.6) is 11.5 Å². The van der Waals surface area contributed by atoms with E-state index in [9.17, 15) is 10.2 Å². The standard InChI is InChI=1S/C14H10BrNO2/c15-10-2-1-3-11-9(10)5-4-8-6-13(17)14(18)7-12(8)16-11/h1-7,16-18H. The Balaban J connectivity index is 2.20. The number of phenols is 2. The van der Waals surface area contributed by atoms with Gasteiger partial charge in [0.25, 0.3) is 0 Å². The third-order valence-corrected chi connectivity index (χ3v) is 3.59. The van der Waals surface area contributed by atoms with Gasteiger partial charge in [0.2, 0.25) is 0 Å². The lowest BCUT2D eigenvalue weighted by Crippen LogP contribution is -1.93. The topological polar surface area (TPSA) is 52.5 Å². The Morgan fingerprint density at radius 1 is 0.944 bits per heavy atom. The molecule has 4 heteroatoms. The van der Waals surface area contributed by atoms with Crippen molar-refractivity contribution in [3.63, 3.8) is 0 Å². The monoisotopic (exact) mass is 303 g/mol. The fraction of sp³-hybridized carbons (Fsp3) is 0. The van der Waals surface area contributed by atoms with Crippen molar-refractivity contribution in [3.8, 4) is 11.5 Å². The quantitative estimate of drug-likeness (QED) is 0.433. The second kappa shape index (κ2) is 4.07. The van der Waals surface area contributed by atoms with Crippen LogP contribution in [0.4, 0.5) is 11.4 Å². The van der Waals surface area contributed by atoms with Crippen LogP contribution in [0.2, 0.25) is 0 Å². The molecular weight excluding hydrogens is 294 g/mol. The van der Waals surface area contributed by atoms with Crippen molar-refractivity contribution in [2.45, 2.75) is 0 Å². The second-order valence-electron chi connectivity index (χ2n) is 4.09.